The summed E-state index contributed by atoms with van der Waals surface area (Å²) in [6.45, 7) is 13.2. The highest BCUT2D eigenvalue weighted by Gasteiger charge is 2.60. The second-order valence-corrected chi connectivity index (χ2v) is 16.7. The Labute approximate surface area is 175 Å². The molecule has 0 aromatic heterocycles. The molecule has 2 nitrogen and oxygen atoms in total. The van der Waals surface area contributed by atoms with Crippen molar-refractivity contribution in [1.29, 1.82) is 0 Å². The van der Waals surface area contributed by atoms with Crippen LogP contribution in [0.3, 0.4) is 0 Å². The summed E-state index contributed by atoms with van der Waals surface area (Å²) in [5.74, 6) is 2.18. The molecule has 0 saturated heterocycles. The molecule has 0 radical (unpaired) electrons. The summed E-state index contributed by atoms with van der Waals surface area (Å²) in [7, 11) is -2.01. The van der Waals surface area contributed by atoms with Crippen LogP contribution in [0.15, 0.2) is 11.6 Å². The predicted octanol–water partition coefficient (Wildman–Crippen LogP) is 6.91. The minimum Gasteiger partial charge on any atom is -0.416 e. The Hall–Kier alpha value is -0.413. The zero-order chi connectivity index (χ0) is 21.2. The average Bonchev–Trinajstić information content (AvgIpc) is 2.95. The lowest BCUT2D eigenvalue weighted by molar-refractivity contribution is -0.133. The summed E-state index contributed by atoms with van der Waals surface area (Å²) >= 11 is 0. The van der Waals surface area contributed by atoms with Gasteiger partial charge in [0.25, 0.3) is 0 Å². The van der Waals surface area contributed by atoms with Crippen LogP contribution in [0.1, 0.15) is 86.9 Å². The normalized spacial score (nSPS) is 42.8. The van der Waals surface area contributed by atoms with Crippen molar-refractivity contribution in [3.8, 4) is 0 Å². The van der Waals surface area contributed by atoms with Crippen molar-refractivity contribution in [3.63, 3.8) is 0 Å². The quantitative estimate of drug-likeness (QED) is 0.378. The van der Waals surface area contributed by atoms with Gasteiger partial charge in [-0.3, -0.25) is 4.79 Å². The molecule has 0 unspecified atom stereocenters. The number of rotatable bonds is 3. The van der Waals surface area contributed by atoms with Gasteiger partial charge in [0.15, 0.2) is 8.32 Å². The summed E-state index contributed by atoms with van der Waals surface area (Å²) in [6.07, 6.45) is 12.3. The Morgan fingerprint density at radius 1 is 1.18 bits per heavy atom. The zero-order valence-electron chi connectivity index (χ0n) is 20.1. The minimum absolute atomic E-state index is 0.0872. The van der Waals surface area contributed by atoms with Crippen molar-refractivity contribution in [2.45, 2.75) is 104 Å². The Morgan fingerprint density at radius 2 is 1.93 bits per heavy atom. The predicted molar refractivity (Wildman–Crippen MR) is 119 cm³/mol. The summed E-state index contributed by atoms with van der Waals surface area (Å²) in [5.41, 5.74) is 1.34. The number of allylic oxidation sites excluding steroid dienone is 1. The van der Waals surface area contributed by atoms with Gasteiger partial charge in [-0.25, -0.2) is 0 Å². The van der Waals surface area contributed by atoms with Crippen LogP contribution in [-0.4, -0.2) is 20.7 Å². The molecule has 3 heteroatoms. The van der Waals surface area contributed by atoms with Gasteiger partial charge < -0.3 is 4.43 Å². The Balaban J connectivity index is 1.70. The van der Waals surface area contributed by atoms with Crippen LogP contribution in [0.4, 0.5) is 0 Å². The van der Waals surface area contributed by atoms with Crippen LogP contribution >= 0.6 is 0 Å². The van der Waals surface area contributed by atoms with Gasteiger partial charge in [-0.15, -0.1) is 0 Å². The number of ketones is 1. The summed E-state index contributed by atoms with van der Waals surface area (Å²) < 4.78 is 16.2. The number of hydrogen-bond donors (Lipinski definition) is 0. The van der Waals surface area contributed by atoms with E-state index in [2.05, 4.69) is 46.9 Å². The molecular weight excluding hydrogens is 360 g/mol. The average molecular weight is 404 g/mol. The molecule has 0 N–H and O–H groups in total. The highest BCUT2D eigenvalue weighted by molar-refractivity contribution is 6.74. The molecule has 3 saturated carbocycles. The van der Waals surface area contributed by atoms with Gasteiger partial charge in [0.1, 0.15) is 5.78 Å². The first-order valence-corrected chi connectivity index (χ1v) is 14.7. The SMILES string of the molecule is [2H][C@@H](O[Si](C)(C)C(C)(C)C)[C@]12CCCC=C1CC[C@@H]1[C@@H]2CC[C@]2(C)C(=O)CC[C@@H]12. The fourth-order valence-electron chi connectivity index (χ4n) is 6.85. The lowest BCUT2D eigenvalue weighted by Crippen LogP contribution is -2.54. The molecule has 0 amide bonds. The lowest BCUT2D eigenvalue weighted by atomic mass is 9.47. The minimum atomic E-state index is -2.01. The fraction of sp³-hybridized carbons (Fsp3) is 0.880. The van der Waals surface area contributed by atoms with Crippen LogP contribution in [0.2, 0.25) is 18.1 Å². The maximum atomic E-state index is 12.7. The molecule has 4 aliphatic carbocycles. The molecule has 0 aromatic rings. The lowest BCUT2D eigenvalue weighted by Gasteiger charge is -2.58. The standard InChI is InChI=1S/C25H42O2Si/c1-23(2,3)28(5,6)27-17-25-15-8-7-9-18(25)10-11-19-20-12-13-22(26)24(20,4)16-14-21(19)25/h9,19-21H,7-8,10-17H2,1-6H3/t19-,20-,21-,24-,25+/m0/s1/i17D/t17-,19+,20+,21+,24+,25-/m1. The van der Waals surface area contributed by atoms with Gasteiger partial charge >= 0.3 is 0 Å². The van der Waals surface area contributed by atoms with E-state index < -0.39 is 14.9 Å². The fourth-order valence-corrected chi connectivity index (χ4v) is 7.71. The first kappa shape index (κ1) is 19.5. The Kier molecular flexibility index (Phi) is 4.75. The number of fused-ring (bicyclic) bond motifs is 5. The van der Waals surface area contributed by atoms with Gasteiger partial charge in [0.2, 0.25) is 0 Å². The van der Waals surface area contributed by atoms with Crippen molar-refractivity contribution in [2.75, 3.05) is 6.58 Å². The van der Waals surface area contributed by atoms with Crippen molar-refractivity contribution < 1.29 is 10.6 Å². The monoisotopic (exact) mass is 403 g/mol. The molecule has 4 rings (SSSR count). The zero-order valence-corrected chi connectivity index (χ0v) is 20.1. The third-order valence-electron chi connectivity index (χ3n) is 9.71. The van der Waals surface area contributed by atoms with E-state index in [9.17, 15) is 6.17 Å². The van der Waals surface area contributed by atoms with E-state index in [0.29, 0.717) is 23.5 Å². The molecule has 0 bridgehead atoms. The van der Waals surface area contributed by atoms with Gasteiger partial charge in [-0.1, -0.05) is 39.3 Å². The molecule has 0 heterocycles. The van der Waals surface area contributed by atoms with Gasteiger partial charge in [0.05, 0.1) is 1.37 Å². The van der Waals surface area contributed by atoms with E-state index in [1.54, 1.807) is 0 Å². The third kappa shape index (κ3) is 3.02. The summed E-state index contributed by atoms with van der Waals surface area (Å²) in [6, 6.07) is 0. The molecule has 0 aromatic carbocycles. The largest absolute Gasteiger partial charge is 0.416 e. The van der Waals surface area contributed by atoms with Gasteiger partial charge in [-0.05, 0) is 87.3 Å². The van der Waals surface area contributed by atoms with Crippen molar-refractivity contribution in [1.82, 2.24) is 0 Å². The molecule has 0 spiro atoms. The maximum Gasteiger partial charge on any atom is 0.192 e. The molecule has 3 fully saturated rings. The van der Waals surface area contributed by atoms with Crippen molar-refractivity contribution in [3.05, 3.63) is 11.6 Å². The molecule has 0 aliphatic heterocycles. The topological polar surface area (TPSA) is 26.3 Å². The first-order chi connectivity index (χ1) is 13.4. The second kappa shape index (κ2) is 6.80. The van der Waals surface area contributed by atoms with E-state index in [4.69, 9.17) is 4.43 Å². The van der Waals surface area contributed by atoms with E-state index in [1.165, 1.54) is 24.8 Å². The van der Waals surface area contributed by atoms with Crippen LogP contribution in [0.25, 0.3) is 0 Å². The number of carbonyl (C=O) groups is 1. The highest BCUT2D eigenvalue weighted by Crippen LogP contribution is 2.65. The first-order valence-electron chi connectivity index (χ1n) is 12.3. The molecular formula is C25H42O2Si. The molecule has 6 atom stereocenters. The molecule has 158 valence electrons. The van der Waals surface area contributed by atoms with Crippen LogP contribution in [0.5, 0.6) is 0 Å². The van der Waals surface area contributed by atoms with E-state index >= 15 is 0 Å². The van der Waals surface area contributed by atoms with Crippen LogP contribution < -0.4 is 0 Å². The summed E-state index contributed by atoms with van der Waals surface area (Å²) in [5, 5.41) is 0.124. The second-order valence-electron chi connectivity index (χ2n) is 12.0. The molecule has 4 aliphatic rings. The van der Waals surface area contributed by atoms with E-state index in [1.807, 2.05) is 0 Å². The number of Topliss-reactive ketones (excluding diaryl/α,β-unsaturated/α-hetero) is 1. The smallest absolute Gasteiger partial charge is 0.192 e. The summed E-state index contributed by atoms with van der Waals surface area (Å²) in [4.78, 5) is 12.7. The Bertz CT molecular complexity index is 708. The van der Waals surface area contributed by atoms with E-state index in [0.717, 1.165) is 38.5 Å². The Morgan fingerprint density at radius 3 is 2.64 bits per heavy atom. The number of hydrogen-bond acceptors (Lipinski definition) is 2. The maximum absolute atomic E-state index is 12.7. The van der Waals surface area contributed by atoms with Gasteiger partial charge in [0, 0.05) is 23.8 Å². The third-order valence-corrected chi connectivity index (χ3v) is 14.0. The van der Waals surface area contributed by atoms with Crippen LogP contribution in [-0.2, 0) is 9.22 Å². The van der Waals surface area contributed by atoms with Crippen molar-refractivity contribution >= 4 is 14.1 Å². The molecule has 28 heavy (non-hydrogen) atoms. The highest BCUT2D eigenvalue weighted by atomic mass is 28.4. The van der Waals surface area contributed by atoms with Gasteiger partial charge in [-0.2, -0.15) is 0 Å². The van der Waals surface area contributed by atoms with E-state index in [-0.39, 0.29) is 15.9 Å². The van der Waals surface area contributed by atoms with Crippen LogP contribution in [0, 0.1) is 28.6 Å². The van der Waals surface area contributed by atoms with Crippen molar-refractivity contribution in [2.24, 2.45) is 28.6 Å². The number of carbonyl (C=O) groups excluding carboxylic acids is 1.